The van der Waals surface area contributed by atoms with E-state index in [-0.39, 0.29) is 5.79 Å². The summed E-state index contributed by atoms with van der Waals surface area (Å²) in [5, 5.41) is 0. The highest BCUT2D eigenvalue weighted by atomic mass is 16.7. The fourth-order valence-corrected chi connectivity index (χ4v) is 4.98. The van der Waals surface area contributed by atoms with E-state index in [9.17, 15) is 0 Å². The second-order valence-corrected chi connectivity index (χ2v) is 8.44. The van der Waals surface area contributed by atoms with Gasteiger partial charge in [-0.2, -0.15) is 0 Å². The molecule has 0 aromatic heterocycles. The van der Waals surface area contributed by atoms with Crippen molar-refractivity contribution >= 4 is 5.57 Å². The first-order valence-corrected chi connectivity index (χ1v) is 11.0. The van der Waals surface area contributed by atoms with Crippen molar-refractivity contribution in [3.8, 4) is 5.75 Å². The minimum atomic E-state index is -0.215. The molecule has 1 saturated heterocycles. The van der Waals surface area contributed by atoms with Gasteiger partial charge in [-0.05, 0) is 73.6 Å². The summed E-state index contributed by atoms with van der Waals surface area (Å²) in [6.45, 7) is 4.57. The van der Waals surface area contributed by atoms with Crippen LogP contribution in [0.5, 0.6) is 5.75 Å². The third-order valence-corrected chi connectivity index (χ3v) is 6.72. The molecule has 0 bridgehead atoms. The van der Waals surface area contributed by atoms with Crippen LogP contribution >= 0.6 is 0 Å². The molecule has 2 aliphatic carbocycles. The molecule has 27 heavy (non-hydrogen) atoms. The van der Waals surface area contributed by atoms with E-state index in [1.54, 1.807) is 0 Å². The second kappa shape index (κ2) is 8.79. The summed E-state index contributed by atoms with van der Waals surface area (Å²) < 4.78 is 17.6. The van der Waals surface area contributed by atoms with Gasteiger partial charge in [0.15, 0.2) is 5.79 Å². The lowest BCUT2D eigenvalue weighted by atomic mass is 9.72. The monoisotopic (exact) mass is 370 g/mol. The number of hydrogen-bond acceptors (Lipinski definition) is 3. The number of unbranched alkanes of at least 4 members (excludes halogenated alkanes) is 1. The molecule has 1 unspecified atom stereocenters. The van der Waals surface area contributed by atoms with Gasteiger partial charge in [-0.15, -0.1) is 0 Å². The van der Waals surface area contributed by atoms with E-state index in [4.69, 9.17) is 14.2 Å². The van der Waals surface area contributed by atoms with Crippen LogP contribution in [-0.4, -0.2) is 25.6 Å². The molecule has 1 heterocycles. The zero-order chi connectivity index (χ0) is 18.5. The summed E-state index contributed by atoms with van der Waals surface area (Å²) in [5.41, 5.74) is 2.88. The quantitative estimate of drug-likeness (QED) is 0.576. The largest absolute Gasteiger partial charge is 0.494 e. The zero-order valence-electron chi connectivity index (χ0n) is 16.8. The molecule has 1 atom stereocenters. The molecule has 3 nitrogen and oxygen atoms in total. The molecule has 3 aliphatic rings. The van der Waals surface area contributed by atoms with Gasteiger partial charge in [-0.1, -0.05) is 31.6 Å². The predicted molar refractivity (Wildman–Crippen MR) is 109 cm³/mol. The molecule has 0 N–H and O–H groups in total. The van der Waals surface area contributed by atoms with Gasteiger partial charge >= 0.3 is 0 Å². The van der Waals surface area contributed by atoms with Gasteiger partial charge in [0, 0.05) is 12.8 Å². The van der Waals surface area contributed by atoms with Crippen molar-refractivity contribution in [3.63, 3.8) is 0 Å². The van der Waals surface area contributed by atoms with Crippen molar-refractivity contribution in [2.75, 3.05) is 19.8 Å². The SMILES string of the molecule is CCCCOc1ccc(C2=CCC(C3CCC4(CC3)OCCO4)CC2)cc1. The van der Waals surface area contributed by atoms with Crippen molar-refractivity contribution in [1.82, 2.24) is 0 Å². The first kappa shape index (κ1) is 19.0. The zero-order valence-corrected chi connectivity index (χ0v) is 16.8. The Kier molecular flexibility index (Phi) is 6.19. The van der Waals surface area contributed by atoms with Crippen molar-refractivity contribution in [3.05, 3.63) is 35.9 Å². The minimum absolute atomic E-state index is 0.215. The van der Waals surface area contributed by atoms with Crippen LogP contribution in [0.4, 0.5) is 0 Å². The molecule has 1 aromatic carbocycles. The Balaban J connectivity index is 1.28. The maximum Gasteiger partial charge on any atom is 0.168 e. The number of benzene rings is 1. The Morgan fingerprint density at radius 2 is 1.74 bits per heavy atom. The fraction of sp³-hybridized carbons (Fsp3) is 0.667. The first-order valence-electron chi connectivity index (χ1n) is 11.0. The Hall–Kier alpha value is -1.32. The van der Waals surface area contributed by atoms with Crippen LogP contribution in [-0.2, 0) is 9.47 Å². The summed E-state index contributed by atoms with van der Waals surface area (Å²) in [5.74, 6) is 2.46. The third kappa shape index (κ3) is 4.57. The normalized spacial score (nSPS) is 25.5. The second-order valence-electron chi connectivity index (χ2n) is 8.44. The lowest BCUT2D eigenvalue weighted by Gasteiger charge is -2.39. The molecule has 0 amide bonds. The lowest BCUT2D eigenvalue weighted by Crippen LogP contribution is -2.37. The molecule has 3 heteroatoms. The van der Waals surface area contributed by atoms with Crippen LogP contribution in [0, 0.1) is 11.8 Å². The lowest BCUT2D eigenvalue weighted by molar-refractivity contribution is -0.184. The van der Waals surface area contributed by atoms with Gasteiger partial charge in [0.1, 0.15) is 5.75 Å². The standard InChI is InChI=1S/C24H34O3/c1-2-3-16-25-23-10-8-21(9-11-23)19-4-6-20(7-5-19)22-12-14-24(15-13-22)26-17-18-27-24/h4,8-11,20,22H,2-3,5-7,12-18H2,1H3. The van der Waals surface area contributed by atoms with Crippen LogP contribution < -0.4 is 4.74 Å². The molecule has 148 valence electrons. The minimum Gasteiger partial charge on any atom is -0.494 e. The fourth-order valence-electron chi connectivity index (χ4n) is 4.98. The molecular weight excluding hydrogens is 336 g/mol. The Morgan fingerprint density at radius 3 is 2.37 bits per heavy atom. The van der Waals surface area contributed by atoms with Crippen LogP contribution in [0.25, 0.3) is 5.57 Å². The van der Waals surface area contributed by atoms with Gasteiger partial charge < -0.3 is 14.2 Å². The maximum absolute atomic E-state index is 5.89. The molecule has 2 fully saturated rings. The Labute approximate surface area is 164 Å². The summed E-state index contributed by atoms with van der Waals surface area (Å²) in [7, 11) is 0. The van der Waals surface area contributed by atoms with Crippen LogP contribution in [0.15, 0.2) is 30.3 Å². The van der Waals surface area contributed by atoms with Gasteiger partial charge in [0.25, 0.3) is 0 Å². The molecule has 4 rings (SSSR count). The van der Waals surface area contributed by atoms with E-state index in [2.05, 4.69) is 37.3 Å². The highest BCUT2D eigenvalue weighted by Gasteiger charge is 2.41. The molecule has 1 saturated carbocycles. The van der Waals surface area contributed by atoms with E-state index in [1.165, 1.54) is 49.7 Å². The van der Waals surface area contributed by atoms with Crippen molar-refractivity contribution < 1.29 is 14.2 Å². The van der Waals surface area contributed by atoms with E-state index >= 15 is 0 Å². The average molecular weight is 371 g/mol. The van der Waals surface area contributed by atoms with E-state index in [0.717, 1.165) is 56.7 Å². The van der Waals surface area contributed by atoms with Crippen LogP contribution in [0.3, 0.4) is 0 Å². The van der Waals surface area contributed by atoms with Gasteiger partial charge in [-0.3, -0.25) is 0 Å². The number of rotatable bonds is 6. The van der Waals surface area contributed by atoms with Gasteiger partial charge in [-0.25, -0.2) is 0 Å². The predicted octanol–water partition coefficient (Wildman–Crippen LogP) is 5.98. The van der Waals surface area contributed by atoms with Crippen molar-refractivity contribution in [1.29, 1.82) is 0 Å². The summed E-state index contributed by atoms with van der Waals surface area (Å²) in [6.07, 6.45) is 13.2. The van der Waals surface area contributed by atoms with Gasteiger partial charge in [0.2, 0.25) is 0 Å². The summed E-state index contributed by atoms with van der Waals surface area (Å²) >= 11 is 0. The molecule has 1 spiro atoms. The maximum atomic E-state index is 5.89. The number of hydrogen-bond donors (Lipinski definition) is 0. The highest BCUT2D eigenvalue weighted by molar-refractivity contribution is 5.66. The first-order chi connectivity index (χ1) is 13.3. The average Bonchev–Trinajstić information content (AvgIpc) is 3.17. The van der Waals surface area contributed by atoms with Crippen molar-refractivity contribution in [2.24, 2.45) is 11.8 Å². The van der Waals surface area contributed by atoms with Crippen molar-refractivity contribution in [2.45, 2.75) is 70.5 Å². The summed E-state index contributed by atoms with van der Waals surface area (Å²) in [4.78, 5) is 0. The van der Waals surface area contributed by atoms with Crippen LogP contribution in [0.2, 0.25) is 0 Å². The number of ether oxygens (including phenoxy) is 3. The Morgan fingerprint density at radius 1 is 1.00 bits per heavy atom. The third-order valence-electron chi connectivity index (χ3n) is 6.72. The van der Waals surface area contributed by atoms with Crippen LogP contribution in [0.1, 0.15) is 70.3 Å². The smallest absolute Gasteiger partial charge is 0.168 e. The van der Waals surface area contributed by atoms with E-state index in [0.29, 0.717) is 0 Å². The molecule has 1 aromatic rings. The Bertz CT molecular complexity index is 618. The highest BCUT2D eigenvalue weighted by Crippen LogP contribution is 2.44. The van der Waals surface area contributed by atoms with E-state index < -0.39 is 0 Å². The molecule has 1 aliphatic heterocycles. The topological polar surface area (TPSA) is 27.7 Å². The molecule has 0 radical (unpaired) electrons. The number of allylic oxidation sites excluding steroid dienone is 2. The summed E-state index contributed by atoms with van der Waals surface area (Å²) in [6, 6.07) is 8.71. The molecular formula is C24H34O3. The van der Waals surface area contributed by atoms with Gasteiger partial charge in [0.05, 0.1) is 19.8 Å². The van der Waals surface area contributed by atoms with E-state index in [1.807, 2.05) is 0 Å².